The van der Waals surface area contributed by atoms with Crippen LogP contribution in [0.15, 0.2) is 36.4 Å². The Balaban J connectivity index is 1.88. The molecule has 1 amide bonds. The lowest BCUT2D eigenvalue weighted by molar-refractivity contribution is 0.0734. The number of rotatable bonds is 1. The molecule has 0 aromatic heterocycles. The molecule has 0 bridgehead atoms. The Kier molecular flexibility index (Phi) is 3.47. The summed E-state index contributed by atoms with van der Waals surface area (Å²) in [5.74, 6) is -0.0128. The van der Waals surface area contributed by atoms with E-state index in [4.69, 9.17) is 11.6 Å². The number of carbonyl (C=O) groups is 1. The second-order valence-corrected chi connectivity index (χ2v) is 5.50. The van der Waals surface area contributed by atoms with Gasteiger partial charge in [0.2, 0.25) is 0 Å². The minimum atomic E-state index is -0.218. The van der Waals surface area contributed by atoms with Gasteiger partial charge < -0.3 is 15.1 Å². The SMILES string of the molecule is O=C(c1cc(O)ccc1Cl)N1CCc2ccc(O)cc2C1. The standard InChI is InChI=1S/C16H14ClNO3/c17-15-4-3-13(20)8-14(15)16(21)18-6-5-10-1-2-12(19)7-11(10)9-18/h1-4,7-8,19-20H,5-6,9H2. The highest BCUT2D eigenvalue weighted by Crippen LogP contribution is 2.27. The number of fused-ring (bicyclic) bond motifs is 1. The number of benzene rings is 2. The molecule has 4 nitrogen and oxygen atoms in total. The first-order valence-corrected chi connectivity index (χ1v) is 7.01. The molecule has 0 saturated heterocycles. The summed E-state index contributed by atoms with van der Waals surface area (Å²) in [6.45, 7) is 1.01. The fraction of sp³-hybridized carbons (Fsp3) is 0.188. The molecular formula is C16H14ClNO3. The van der Waals surface area contributed by atoms with Crippen molar-refractivity contribution in [3.63, 3.8) is 0 Å². The van der Waals surface area contributed by atoms with E-state index < -0.39 is 0 Å². The van der Waals surface area contributed by atoms with E-state index in [1.54, 1.807) is 17.0 Å². The normalized spacial score (nSPS) is 13.9. The molecule has 0 unspecified atom stereocenters. The Hall–Kier alpha value is -2.20. The minimum Gasteiger partial charge on any atom is -0.508 e. The topological polar surface area (TPSA) is 60.8 Å². The smallest absolute Gasteiger partial charge is 0.255 e. The van der Waals surface area contributed by atoms with Crippen LogP contribution >= 0.6 is 11.6 Å². The van der Waals surface area contributed by atoms with Crippen LogP contribution in [-0.2, 0) is 13.0 Å². The lowest BCUT2D eigenvalue weighted by Crippen LogP contribution is -2.36. The van der Waals surface area contributed by atoms with Gasteiger partial charge in [0.1, 0.15) is 11.5 Å². The number of amides is 1. The number of aromatic hydroxyl groups is 2. The number of halogens is 1. The summed E-state index contributed by atoms with van der Waals surface area (Å²) in [5, 5.41) is 19.4. The number of phenolic OH excluding ortho intramolecular Hbond substituents is 2. The van der Waals surface area contributed by atoms with Crippen LogP contribution in [0.1, 0.15) is 21.5 Å². The maximum absolute atomic E-state index is 12.5. The minimum absolute atomic E-state index is 0.0119. The van der Waals surface area contributed by atoms with Crippen molar-refractivity contribution >= 4 is 17.5 Å². The summed E-state index contributed by atoms with van der Waals surface area (Å²) < 4.78 is 0. The van der Waals surface area contributed by atoms with Crippen molar-refractivity contribution < 1.29 is 15.0 Å². The summed E-state index contributed by atoms with van der Waals surface area (Å²) in [7, 11) is 0. The van der Waals surface area contributed by atoms with Crippen molar-refractivity contribution in [1.29, 1.82) is 0 Å². The molecule has 2 aromatic rings. The molecule has 0 spiro atoms. The van der Waals surface area contributed by atoms with E-state index in [0.29, 0.717) is 23.7 Å². The summed E-state index contributed by atoms with van der Waals surface area (Å²) in [6, 6.07) is 9.55. The van der Waals surface area contributed by atoms with E-state index in [1.807, 2.05) is 6.07 Å². The van der Waals surface area contributed by atoms with Gasteiger partial charge in [-0.3, -0.25) is 4.79 Å². The Morgan fingerprint density at radius 2 is 1.76 bits per heavy atom. The van der Waals surface area contributed by atoms with Crippen LogP contribution in [0.5, 0.6) is 11.5 Å². The maximum Gasteiger partial charge on any atom is 0.255 e. The van der Waals surface area contributed by atoms with E-state index >= 15 is 0 Å². The predicted octanol–water partition coefficient (Wildman–Crippen LogP) is 2.95. The molecule has 1 aliphatic heterocycles. The monoisotopic (exact) mass is 303 g/mol. The Morgan fingerprint density at radius 3 is 2.57 bits per heavy atom. The third-order valence-corrected chi connectivity index (χ3v) is 4.00. The molecule has 2 N–H and O–H groups in total. The van der Waals surface area contributed by atoms with Crippen LogP contribution in [0.4, 0.5) is 0 Å². The quantitative estimate of drug-likeness (QED) is 0.851. The van der Waals surface area contributed by atoms with Gasteiger partial charge in [-0.2, -0.15) is 0 Å². The van der Waals surface area contributed by atoms with Crippen molar-refractivity contribution in [1.82, 2.24) is 4.90 Å². The Labute approximate surface area is 127 Å². The second kappa shape index (κ2) is 5.30. The van der Waals surface area contributed by atoms with Crippen molar-refractivity contribution in [3.8, 4) is 11.5 Å². The first-order chi connectivity index (χ1) is 10.0. The van der Waals surface area contributed by atoms with Gasteiger partial charge in [0.15, 0.2) is 0 Å². The van der Waals surface area contributed by atoms with Crippen molar-refractivity contribution in [2.24, 2.45) is 0 Å². The highest BCUT2D eigenvalue weighted by molar-refractivity contribution is 6.33. The van der Waals surface area contributed by atoms with Gasteiger partial charge in [0.05, 0.1) is 10.6 Å². The zero-order chi connectivity index (χ0) is 15.0. The number of hydrogen-bond donors (Lipinski definition) is 2. The molecular weight excluding hydrogens is 290 g/mol. The average molecular weight is 304 g/mol. The van der Waals surface area contributed by atoms with Gasteiger partial charge in [0.25, 0.3) is 5.91 Å². The fourth-order valence-electron chi connectivity index (χ4n) is 2.56. The van der Waals surface area contributed by atoms with Crippen LogP contribution in [0.25, 0.3) is 0 Å². The van der Waals surface area contributed by atoms with Crippen LogP contribution in [0, 0.1) is 0 Å². The van der Waals surface area contributed by atoms with Crippen molar-refractivity contribution in [3.05, 3.63) is 58.1 Å². The molecule has 3 rings (SSSR count). The molecule has 2 aromatic carbocycles. The molecule has 0 radical (unpaired) electrons. The zero-order valence-corrected chi connectivity index (χ0v) is 12.0. The van der Waals surface area contributed by atoms with E-state index in [-0.39, 0.29) is 17.4 Å². The first-order valence-electron chi connectivity index (χ1n) is 6.63. The van der Waals surface area contributed by atoms with Gasteiger partial charge in [-0.05, 0) is 47.9 Å². The molecule has 1 heterocycles. The Bertz CT molecular complexity index is 715. The highest BCUT2D eigenvalue weighted by atomic mass is 35.5. The summed E-state index contributed by atoms with van der Waals surface area (Å²) in [6.07, 6.45) is 0.734. The lowest BCUT2D eigenvalue weighted by Gasteiger charge is -2.29. The van der Waals surface area contributed by atoms with Crippen molar-refractivity contribution in [2.45, 2.75) is 13.0 Å². The fourth-order valence-corrected chi connectivity index (χ4v) is 2.76. The summed E-state index contributed by atoms with van der Waals surface area (Å²) in [4.78, 5) is 14.2. The Morgan fingerprint density at radius 1 is 1.05 bits per heavy atom. The number of carbonyl (C=O) groups excluding carboxylic acids is 1. The van der Waals surface area contributed by atoms with Gasteiger partial charge in [0, 0.05) is 13.1 Å². The van der Waals surface area contributed by atoms with Crippen LogP contribution in [0.2, 0.25) is 5.02 Å². The molecule has 0 saturated carbocycles. The molecule has 0 atom stereocenters. The van der Waals surface area contributed by atoms with E-state index in [1.165, 1.54) is 18.2 Å². The predicted molar refractivity (Wildman–Crippen MR) is 79.7 cm³/mol. The van der Waals surface area contributed by atoms with Crippen LogP contribution in [0.3, 0.4) is 0 Å². The molecule has 0 aliphatic carbocycles. The largest absolute Gasteiger partial charge is 0.508 e. The summed E-state index contributed by atoms with van der Waals surface area (Å²) >= 11 is 6.04. The van der Waals surface area contributed by atoms with E-state index in [0.717, 1.165) is 17.5 Å². The zero-order valence-electron chi connectivity index (χ0n) is 11.2. The first kappa shape index (κ1) is 13.8. The highest BCUT2D eigenvalue weighted by Gasteiger charge is 2.23. The number of nitrogens with zero attached hydrogens (tertiary/aromatic N) is 1. The van der Waals surface area contributed by atoms with Crippen LogP contribution < -0.4 is 0 Å². The van der Waals surface area contributed by atoms with Crippen LogP contribution in [-0.4, -0.2) is 27.6 Å². The molecule has 1 aliphatic rings. The molecule has 108 valence electrons. The van der Waals surface area contributed by atoms with Crippen molar-refractivity contribution in [2.75, 3.05) is 6.54 Å². The average Bonchev–Trinajstić information content (AvgIpc) is 2.48. The van der Waals surface area contributed by atoms with Gasteiger partial charge >= 0.3 is 0 Å². The third kappa shape index (κ3) is 2.67. The third-order valence-electron chi connectivity index (χ3n) is 3.67. The maximum atomic E-state index is 12.5. The lowest BCUT2D eigenvalue weighted by atomic mass is 9.99. The van der Waals surface area contributed by atoms with E-state index in [9.17, 15) is 15.0 Å². The molecule has 5 heteroatoms. The number of hydrogen-bond acceptors (Lipinski definition) is 3. The van der Waals surface area contributed by atoms with Gasteiger partial charge in [-0.25, -0.2) is 0 Å². The van der Waals surface area contributed by atoms with Gasteiger partial charge in [-0.15, -0.1) is 0 Å². The molecule has 0 fully saturated rings. The summed E-state index contributed by atoms with van der Waals surface area (Å²) in [5.41, 5.74) is 2.37. The second-order valence-electron chi connectivity index (χ2n) is 5.09. The number of phenols is 2. The molecule has 21 heavy (non-hydrogen) atoms. The van der Waals surface area contributed by atoms with Gasteiger partial charge in [-0.1, -0.05) is 17.7 Å². The van der Waals surface area contributed by atoms with E-state index in [2.05, 4.69) is 0 Å².